The fraction of sp³-hybridized carbons (Fsp3) is 0.158. The number of halogens is 1. The first-order chi connectivity index (χ1) is 12.1. The Kier molecular flexibility index (Phi) is 5.19. The summed E-state index contributed by atoms with van der Waals surface area (Å²) in [5.41, 5.74) is 2.42. The molecule has 0 unspecified atom stereocenters. The van der Waals surface area contributed by atoms with Crippen molar-refractivity contribution in [2.24, 2.45) is 0 Å². The minimum absolute atomic E-state index is 0.317. The Balaban J connectivity index is 1.81. The molecule has 1 heterocycles. The highest BCUT2D eigenvalue weighted by molar-refractivity contribution is 9.10. The number of rotatable bonds is 5. The van der Waals surface area contributed by atoms with Gasteiger partial charge in [0, 0.05) is 33.6 Å². The summed E-state index contributed by atoms with van der Waals surface area (Å²) < 4.78 is 5.74. The molecular weight excluding hydrogens is 384 g/mol. The molecule has 0 aliphatic rings. The maximum absolute atomic E-state index is 12.4. The van der Waals surface area contributed by atoms with Crippen LogP contribution in [0.3, 0.4) is 0 Å². The molecule has 3 rings (SSSR count). The summed E-state index contributed by atoms with van der Waals surface area (Å²) >= 11 is 3.33. The molecule has 0 radical (unpaired) electrons. The van der Waals surface area contributed by atoms with Gasteiger partial charge in [-0.1, -0.05) is 34.1 Å². The van der Waals surface area contributed by atoms with Gasteiger partial charge in [0.15, 0.2) is 0 Å². The van der Waals surface area contributed by atoms with E-state index in [1.807, 2.05) is 30.5 Å². The topological polar surface area (TPSA) is 71.2 Å². The highest BCUT2D eigenvalue weighted by atomic mass is 79.9. The van der Waals surface area contributed by atoms with E-state index in [9.17, 15) is 9.59 Å². The predicted molar refractivity (Wildman–Crippen MR) is 99.4 cm³/mol. The van der Waals surface area contributed by atoms with Crippen LogP contribution in [0, 0.1) is 0 Å². The van der Waals surface area contributed by atoms with Crippen LogP contribution >= 0.6 is 15.9 Å². The molecule has 1 atom stereocenters. The number of benzene rings is 2. The van der Waals surface area contributed by atoms with E-state index in [1.165, 1.54) is 7.11 Å². The second kappa shape index (κ2) is 7.53. The molecule has 0 bridgehead atoms. The Bertz CT molecular complexity index is 902. The fourth-order valence-electron chi connectivity index (χ4n) is 2.70. The molecule has 0 saturated carbocycles. The first-order valence-corrected chi connectivity index (χ1v) is 8.57. The number of hydrogen-bond donors (Lipinski definition) is 2. The monoisotopic (exact) mass is 400 g/mol. The Morgan fingerprint density at radius 2 is 1.88 bits per heavy atom. The van der Waals surface area contributed by atoms with Gasteiger partial charge in [0.05, 0.1) is 7.11 Å². The SMILES string of the molecule is COC(=O)[C@H](Cc1c[nH]c2ccccc12)NC(=O)c1ccc(Br)cc1. The van der Waals surface area contributed by atoms with Crippen LogP contribution < -0.4 is 5.32 Å². The predicted octanol–water partition coefficient (Wildman–Crippen LogP) is 3.44. The molecule has 0 aliphatic heterocycles. The molecule has 1 aromatic heterocycles. The fourth-order valence-corrected chi connectivity index (χ4v) is 2.96. The largest absolute Gasteiger partial charge is 0.467 e. The van der Waals surface area contributed by atoms with Crippen molar-refractivity contribution in [1.82, 2.24) is 10.3 Å². The van der Waals surface area contributed by atoms with Crippen LogP contribution in [0.15, 0.2) is 59.2 Å². The third-order valence-corrected chi connectivity index (χ3v) is 4.53. The molecule has 6 heteroatoms. The second-order valence-corrected chi connectivity index (χ2v) is 6.54. The van der Waals surface area contributed by atoms with Crippen LogP contribution in [0.4, 0.5) is 0 Å². The maximum Gasteiger partial charge on any atom is 0.328 e. The van der Waals surface area contributed by atoms with Gasteiger partial charge in [-0.15, -0.1) is 0 Å². The number of hydrogen-bond acceptors (Lipinski definition) is 3. The van der Waals surface area contributed by atoms with Crippen LogP contribution in [0.2, 0.25) is 0 Å². The van der Waals surface area contributed by atoms with E-state index in [0.717, 1.165) is 20.9 Å². The molecule has 25 heavy (non-hydrogen) atoms. The highest BCUT2D eigenvalue weighted by Gasteiger charge is 2.23. The number of fused-ring (bicyclic) bond motifs is 1. The zero-order valence-corrected chi connectivity index (χ0v) is 15.2. The number of para-hydroxylation sites is 1. The Labute approximate surface area is 153 Å². The Hall–Kier alpha value is -2.60. The molecule has 0 fully saturated rings. The minimum atomic E-state index is -0.764. The van der Waals surface area contributed by atoms with E-state index in [4.69, 9.17) is 4.74 Å². The number of aromatic amines is 1. The molecule has 0 aliphatic carbocycles. The molecule has 5 nitrogen and oxygen atoms in total. The first kappa shape index (κ1) is 17.2. The normalized spacial score (nSPS) is 11.9. The lowest BCUT2D eigenvalue weighted by atomic mass is 10.0. The molecule has 0 spiro atoms. The number of H-pyrrole nitrogens is 1. The summed E-state index contributed by atoms with van der Waals surface area (Å²) in [7, 11) is 1.32. The summed E-state index contributed by atoms with van der Waals surface area (Å²) in [6.07, 6.45) is 2.20. The van der Waals surface area contributed by atoms with Crippen molar-refractivity contribution in [2.45, 2.75) is 12.5 Å². The lowest BCUT2D eigenvalue weighted by Gasteiger charge is -2.16. The van der Waals surface area contributed by atoms with E-state index in [0.29, 0.717) is 12.0 Å². The average molecular weight is 401 g/mol. The van der Waals surface area contributed by atoms with Gasteiger partial charge in [0.1, 0.15) is 6.04 Å². The van der Waals surface area contributed by atoms with E-state index in [1.54, 1.807) is 24.3 Å². The van der Waals surface area contributed by atoms with E-state index >= 15 is 0 Å². The number of aromatic nitrogens is 1. The van der Waals surface area contributed by atoms with Crippen molar-refractivity contribution >= 4 is 38.7 Å². The smallest absolute Gasteiger partial charge is 0.328 e. The lowest BCUT2D eigenvalue weighted by Crippen LogP contribution is -2.43. The summed E-state index contributed by atoms with van der Waals surface area (Å²) in [4.78, 5) is 27.7. The van der Waals surface area contributed by atoms with E-state index < -0.39 is 12.0 Å². The van der Waals surface area contributed by atoms with Crippen molar-refractivity contribution in [3.63, 3.8) is 0 Å². The number of carbonyl (C=O) groups excluding carboxylic acids is 2. The van der Waals surface area contributed by atoms with Gasteiger partial charge in [-0.3, -0.25) is 4.79 Å². The number of nitrogens with one attached hydrogen (secondary N) is 2. The zero-order chi connectivity index (χ0) is 17.8. The molecule has 3 aromatic rings. The maximum atomic E-state index is 12.4. The average Bonchev–Trinajstić information content (AvgIpc) is 3.04. The minimum Gasteiger partial charge on any atom is -0.467 e. The molecule has 2 N–H and O–H groups in total. The summed E-state index contributed by atoms with van der Waals surface area (Å²) in [6, 6.07) is 14.0. The van der Waals surface area contributed by atoms with Crippen LogP contribution in [0.5, 0.6) is 0 Å². The molecule has 1 amide bonds. The Morgan fingerprint density at radius 1 is 1.16 bits per heavy atom. The standard InChI is InChI=1S/C19H17BrN2O3/c1-25-19(24)17(22-18(23)12-6-8-14(20)9-7-12)10-13-11-21-16-5-3-2-4-15(13)16/h2-9,11,17,21H,10H2,1H3,(H,22,23)/t17-/m0/s1. The quantitative estimate of drug-likeness (QED) is 0.644. The van der Waals surface area contributed by atoms with E-state index in [2.05, 4.69) is 26.2 Å². The van der Waals surface area contributed by atoms with Crippen molar-refractivity contribution in [3.05, 3.63) is 70.3 Å². The molecule has 0 saturated heterocycles. The number of methoxy groups -OCH3 is 1. The third-order valence-electron chi connectivity index (χ3n) is 4.00. The summed E-state index contributed by atoms with van der Waals surface area (Å²) in [5, 5.41) is 3.79. The van der Waals surface area contributed by atoms with Crippen LogP contribution in [-0.4, -0.2) is 30.0 Å². The Morgan fingerprint density at radius 3 is 2.60 bits per heavy atom. The molecule has 128 valence electrons. The lowest BCUT2D eigenvalue weighted by molar-refractivity contribution is -0.142. The zero-order valence-electron chi connectivity index (χ0n) is 13.6. The van der Waals surface area contributed by atoms with Gasteiger partial charge in [0.25, 0.3) is 5.91 Å². The first-order valence-electron chi connectivity index (χ1n) is 7.77. The summed E-state index contributed by atoms with van der Waals surface area (Å²) in [5.74, 6) is -0.793. The van der Waals surface area contributed by atoms with Gasteiger partial charge in [0.2, 0.25) is 0 Å². The van der Waals surface area contributed by atoms with Gasteiger partial charge in [-0.05, 0) is 35.9 Å². The number of amides is 1. The van der Waals surface area contributed by atoms with Gasteiger partial charge < -0.3 is 15.0 Å². The molecule has 2 aromatic carbocycles. The van der Waals surface area contributed by atoms with E-state index in [-0.39, 0.29) is 5.91 Å². The number of esters is 1. The second-order valence-electron chi connectivity index (χ2n) is 5.62. The van der Waals surface area contributed by atoms with Crippen molar-refractivity contribution < 1.29 is 14.3 Å². The third kappa shape index (κ3) is 3.91. The number of ether oxygens (including phenoxy) is 1. The van der Waals surface area contributed by atoms with Gasteiger partial charge in [-0.2, -0.15) is 0 Å². The summed E-state index contributed by atoms with van der Waals surface area (Å²) in [6.45, 7) is 0. The van der Waals surface area contributed by atoms with Gasteiger partial charge >= 0.3 is 5.97 Å². The van der Waals surface area contributed by atoms with Crippen molar-refractivity contribution in [3.8, 4) is 0 Å². The van der Waals surface area contributed by atoms with Crippen molar-refractivity contribution in [2.75, 3.05) is 7.11 Å². The highest BCUT2D eigenvalue weighted by Crippen LogP contribution is 2.19. The van der Waals surface area contributed by atoms with Crippen LogP contribution in [0.1, 0.15) is 15.9 Å². The van der Waals surface area contributed by atoms with Crippen LogP contribution in [0.25, 0.3) is 10.9 Å². The van der Waals surface area contributed by atoms with Crippen molar-refractivity contribution in [1.29, 1.82) is 0 Å². The van der Waals surface area contributed by atoms with Gasteiger partial charge in [-0.25, -0.2) is 4.79 Å². The number of carbonyl (C=O) groups is 2. The van der Waals surface area contributed by atoms with Crippen LogP contribution in [-0.2, 0) is 16.0 Å². The molecular formula is C19H17BrN2O3.